The lowest BCUT2D eigenvalue weighted by Crippen LogP contribution is -1.91. The molecule has 1 heterocycles. The van der Waals surface area contributed by atoms with Crippen LogP contribution in [-0.2, 0) is 0 Å². The Morgan fingerprint density at radius 3 is 2.69 bits per heavy atom. The Morgan fingerprint density at radius 1 is 1.46 bits per heavy atom. The highest BCUT2D eigenvalue weighted by Crippen LogP contribution is 2.52. The van der Waals surface area contributed by atoms with Crippen molar-refractivity contribution in [2.45, 2.75) is 19.8 Å². The second-order valence-corrected chi connectivity index (χ2v) is 3.99. The summed E-state index contributed by atoms with van der Waals surface area (Å²) >= 11 is 0. The van der Waals surface area contributed by atoms with Crippen molar-refractivity contribution in [3.63, 3.8) is 0 Å². The van der Waals surface area contributed by atoms with Crippen LogP contribution in [0.2, 0.25) is 0 Å². The van der Waals surface area contributed by atoms with E-state index in [4.69, 9.17) is 5.11 Å². The summed E-state index contributed by atoms with van der Waals surface area (Å²) in [5.41, 5.74) is 2.33. The third-order valence-electron chi connectivity index (χ3n) is 3.05. The summed E-state index contributed by atoms with van der Waals surface area (Å²) in [5.74, 6) is 1.53. The summed E-state index contributed by atoms with van der Waals surface area (Å²) in [7, 11) is 0. The van der Waals surface area contributed by atoms with E-state index < -0.39 is 0 Å². The van der Waals surface area contributed by atoms with E-state index in [1.54, 1.807) is 0 Å². The lowest BCUT2D eigenvalue weighted by molar-refractivity contribution is 0.268. The van der Waals surface area contributed by atoms with Crippen LogP contribution < -0.4 is 0 Å². The predicted molar refractivity (Wildman–Crippen MR) is 51.5 cm³/mol. The maximum Gasteiger partial charge on any atom is 0.0468 e. The average molecular weight is 177 g/mol. The molecule has 0 spiro atoms. The van der Waals surface area contributed by atoms with Gasteiger partial charge in [0, 0.05) is 24.4 Å². The molecule has 2 rings (SSSR count). The summed E-state index contributed by atoms with van der Waals surface area (Å²) in [6.45, 7) is 4.51. The van der Waals surface area contributed by atoms with Gasteiger partial charge in [0.1, 0.15) is 0 Å². The molecule has 3 atom stereocenters. The molecular formula is C11H15NO. The maximum absolute atomic E-state index is 9.03. The summed E-state index contributed by atoms with van der Waals surface area (Å²) in [6, 6.07) is 4.16. The molecule has 0 amide bonds. The molecule has 1 aliphatic carbocycles. The number of aryl methyl sites for hydroxylation is 1. The van der Waals surface area contributed by atoms with E-state index in [1.807, 2.05) is 13.1 Å². The van der Waals surface area contributed by atoms with Crippen LogP contribution >= 0.6 is 0 Å². The van der Waals surface area contributed by atoms with Crippen LogP contribution in [0.15, 0.2) is 18.3 Å². The van der Waals surface area contributed by atoms with Gasteiger partial charge in [0.05, 0.1) is 0 Å². The molecule has 1 N–H and O–H groups in total. The lowest BCUT2D eigenvalue weighted by Gasteiger charge is -1.98. The zero-order chi connectivity index (χ0) is 9.42. The number of nitrogens with zero attached hydrogens (tertiary/aromatic N) is 1. The fraction of sp³-hybridized carbons (Fsp3) is 0.545. The summed E-state index contributed by atoms with van der Waals surface area (Å²) < 4.78 is 0. The number of hydrogen-bond acceptors (Lipinski definition) is 2. The van der Waals surface area contributed by atoms with Crippen LogP contribution in [0, 0.1) is 18.8 Å². The third kappa shape index (κ3) is 1.46. The summed E-state index contributed by atoms with van der Waals surface area (Å²) in [6.07, 6.45) is 1.90. The van der Waals surface area contributed by atoms with E-state index in [1.165, 1.54) is 5.56 Å². The predicted octanol–water partition coefficient (Wildman–Crippen LogP) is 1.73. The van der Waals surface area contributed by atoms with E-state index in [9.17, 15) is 0 Å². The highest BCUT2D eigenvalue weighted by atomic mass is 16.3. The highest BCUT2D eigenvalue weighted by molar-refractivity contribution is 5.23. The van der Waals surface area contributed by atoms with Crippen molar-refractivity contribution in [2.75, 3.05) is 6.61 Å². The van der Waals surface area contributed by atoms with E-state index in [-0.39, 0.29) is 0 Å². The van der Waals surface area contributed by atoms with E-state index in [0.29, 0.717) is 24.4 Å². The number of aliphatic hydroxyl groups excluding tert-OH is 1. The molecular weight excluding hydrogens is 162 g/mol. The Balaban J connectivity index is 2.15. The van der Waals surface area contributed by atoms with Gasteiger partial charge < -0.3 is 5.11 Å². The minimum atomic E-state index is 0.293. The number of hydrogen-bond donors (Lipinski definition) is 1. The monoisotopic (exact) mass is 177 g/mol. The van der Waals surface area contributed by atoms with Gasteiger partial charge in [-0.3, -0.25) is 4.98 Å². The normalized spacial score (nSPS) is 31.8. The lowest BCUT2D eigenvalue weighted by atomic mass is 10.2. The molecule has 1 aromatic heterocycles. The Labute approximate surface area is 78.6 Å². The van der Waals surface area contributed by atoms with Gasteiger partial charge in [-0.2, -0.15) is 0 Å². The Morgan fingerprint density at radius 2 is 2.23 bits per heavy atom. The van der Waals surface area contributed by atoms with Crippen LogP contribution in [0.4, 0.5) is 0 Å². The molecule has 1 aromatic rings. The van der Waals surface area contributed by atoms with Gasteiger partial charge in [-0.05, 0) is 30.4 Å². The van der Waals surface area contributed by atoms with Crippen LogP contribution in [0.5, 0.6) is 0 Å². The van der Waals surface area contributed by atoms with Crippen molar-refractivity contribution in [1.29, 1.82) is 0 Å². The largest absolute Gasteiger partial charge is 0.396 e. The highest BCUT2D eigenvalue weighted by Gasteiger charge is 2.47. The van der Waals surface area contributed by atoms with Gasteiger partial charge in [-0.25, -0.2) is 0 Å². The molecule has 3 unspecified atom stereocenters. The molecule has 13 heavy (non-hydrogen) atoms. The first-order valence-electron chi connectivity index (χ1n) is 4.77. The van der Waals surface area contributed by atoms with Gasteiger partial charge in [-0.15, -0.1) is 0 Å². The van der Waals surface area contributed by atoms with E-state index in [0.717, 1.165) is 5.69 Å². The Bertz CT molecular complexity index is 293. The van der Waals surface area contributed by atoms with Crippen LogP contribution in [-0.4, -0.2) is 16.7 Å². The fourth-order valence-electron chi connectivity index (χ4n) is 1.99. The first-order chi connectivity index (χ1) is 6.24. The first-order valence-corrected chi connectivity index (χ1v) is 4.77. The molecule has 0 aromatic carbocycles. The fourth-order valence-corrected chi connectivity index (χ4v) is 1.99. The van der Waals surface area contributed by atoms with Crippen molar-refractivity contribution in [3.8, 4) is 0 Å². The van der Waals surface area contributed by atoms with Gasteiger partial charge in [-0.1, -0.05) is 13.0 Å². The van der Waals surface area contributed by atoms with Crippen molar-refractivity contribution in [3.05, 3.63) is 29.6 Å². The molecule has 1 fully saturated rings. The first kappa shape index (κ1) is 8.70. The van der Waals surface area contributed by atoms with E-state index >= 15 is 0 Å². The summed E-state index contributed by atoms with van der Waals surface area (Å²) in [4.78, 5) is 4.38. The Kier molecular flexibility index (Phi) is 2.08. The zero-order valence-corrected chi connectivity index (χ0v) is 8.07. The maximum atomic E-state index is 9.03. The summed E-state index contributed by atoms with van der Waals surface area (Å²) in [5, 5.41) is 9.03. The average Bonchev–Trinajstić information content (AvgIpc) is 2.78. The number of rotatable bonds is 2. The van der Waals surface area contributed by atoms with Crippen molar-refractivity contribution in [1.82, 2.24) is 4.98 Å². The molecule has 2 nitrogen and oxygen atoms in total. The number of aromatic nitrogens is 1. The molecule has 2 heteroatoms. The molecule has 1 aliphatic rings. The van der Waals surface area contributed by atoms with Crippen LogP contribution in [0.3, 0.4) is 0 Å². The second kappa shape index (κ2) is 3.11. The second-order valence-electron chi connectivity index (χ2n) is 3.99. The number of aliphatic hydroxyl groups is 1. The molecule has 1 saturated carbocycles. The SMILES string of the molecule is Cc1ccc(C2C(C)C2CO)nc1. The van der Waals surface area contributed by atoms with Crippen molar-refractivity contribution < 1.29 is 5.11 Å². The molecule has 0 radical (unpaired) electrons. The smallest absolute Gasteiger partial charge is 0.0468 e. The third-order valence-corrected chi connectivity index (χ3v) is 3.05. The zero-order valence-electron chi connectivity index (χ0n) is 8.07. The minimum absolute atomic E-state index is 0.293. The minimum Gasteiger partial charge on any atom is -0.396 e. The molecule has 0 aliphatic heterocycles. The van der Waals surface area contributed by atoms with Crippen molar-refractivity contribution >= 4 is 0 Å². The molecule has 0 saturated heterocycles. The standard InChI is InChI=1S/C11H15NO/c1-7-3-4-10(12-5-7)11-8(2)9(11)6-13/h3-5,8-9,11,13H,6H2,1-2H3. The van der Waals surface area contributed by atoms with Gasteiger partial charge in [0.15, 0.2) is 0 Å². The van der Waals surface area contributed by atoms with Crippen molar-refractivity contribution in [2.24, 2.45) is 11.8 Å². The van der Waals surface area contributed by atoms with Gasteiger partial charge in [0.2, 0.25) is 0 Å². The topological polar surface area (TPSA) is 33.1 Å². The van der Waals surface area contributed by atoms with Gasteiger partial charge >= 0.3 is 0 Å². The quantitative estimate of drug-likeness (QED) is 0.746. The Hall–Kier alpha value is -0.890. The van der Waals surface area contributed by atoms with Gasteiger partial charge in [0.25, 0.3) is 0 Å². The number of pyridine rings is 1. The molecule has 70 valence electrons. The van der Waals surface area contributed by atoms with E-state index in [2.05, 4.69) is 24.0 Å². The van der Waals surface area contributed by atoms with Crippen LogP contribution in [0.25, 0.3) is 0 Å². The van der Waals surface area contributed by atoms with Crippen LogP contribution in [0.1, 0.15) is 24.1 Å². The molecule has 0 bridgehead atoms.